The molecule has 1 aromatic carbocycles. The lowest BCUT2D eigenvalue weighted by Crippen LogP contribution is -2.30. The average molecular weight is 235 g/mol. The van der Waals surface area contributed by atoms with Gasteiger partial charge in [0.2, 0.25) is 5.91 Å². The van der Waals surface area contributed by atoms with E-state index in [1.165, 1.54) is 12.8 Å². The van der Waals surface area contributed by atoms with Crippen LogP contribution in [0, 0.1) is 5.92 Å². The van der Waals surface area contributed by atoms with E-state index in [0.717, 1.165) is 22.9 Å². The summed E-state index contributed by atoms with van der Waals surface area (Å²) in [7, 11) is 1.90. The molecule has 0 radical (unpaired) electrons. The number of carbonyl (C=O) groups is 1. The zero-order valence-corrected chi connectivity index (χ0v) is 10.4. The smallest absolute Gasteiger partial charge is 0.226 e. The van der Waals surface area contributed by atoms with E-state index in [1.807, 2.05) is 36.2 Å². The van der Waals surface area contributed by atoms with Crippen LogP contribution in [0.4, 0.5) is 0 Å². The second-order valence-corrected chi connectivity index (χ2v) is 5.08. The largest absolute Gasteiger partial charge is 0.345 e. The molecule has 16 heavy (non-hydrogen) atoms. The maximum atomic E-state index is 11.9. The monoisotopic (exact) mass is 235 g/mol. The number of likely N-dealkylation sites (N-methyl/N-ethyl adjacent to an activating group) is 1. The van der Waals surface area contributed by atoms with Crippen LogP contribution in [0.5, 0.6) is 0 Å². The number of benzene rings is 1. The van der Waals surface area contributed by atoms with E-state index < -0.39 is 0 Å². The minimum Gasteiger partial charge on any atom is -0.345 e. The summed E-state index contributed by atoms with van der Waals surface area (Å²) in [6, 6.07) is 7.77. The van der Waals surface area contributed by atoms with Crippen molar-refractivity contribution in [1.82, 2.24) is 4.90 Å². The minimum atomic E-state index is 0.207. The van der Waals surface area contributed by atoms with Gasteiger partial charge >= 0.3 is 0 Å². The van der Waals surface area contributed by atoms with Gasteiger partial charge in [0, 0.05) is 18.5 Å². The molecular weight excluding hydrogens is 218 g/mol. The van der Waals surface area contributed by atoms with Crippen molar-refractivity contribution in [3.05, 3.63) is 29.8 Å². The first-order valence-corrected chi connectivity index (χ1v) is 6.12. The summed E-state index contributed by atoms with van der Waals surface area (Å²) in [5, 5.41) is 0. The third-order valence-electron chi connectivity index (χ3n) is 2.95. The predicted octanol–water partition coefficient (Wildman–Crippen LogP) is 2.39. The van der Waals surface area contributed by atoms with Gasteiger partial charge in [-0.1, -0.05) is 12.1 Å². The average Bonchev–Trinajstić information content (AvgIpc) is 3.05. The van der Waals surface area contributed by atoms with Crippen molar-refractivity contribution >= 4 is 18.5 Å². The van der Waals surface area contributed by atoms with Crippen molar-refractivity contribution < 1.29 is 4.79 Å². The Bertz CT molecular complexity index is 370. The van der Waals surface area contributed by atoms with E-state index in [0.29, 0.717) is 6.42 Å². The zero-order chi connectivity index (χ0) is 11.5. The molecule has 1 amide bonds. The van der Waals surface area contributed by atoms with Crippen molar-refractivity contribution in [3.63, 3.8) is 0 Å². The second-order valence-electron chi connectivity index (χ2n) is 4.56. The number of carbonyl (C=O) groups excluding carboxylic acids is 1. The summed E-state index contributed by atoms with van der Waals surface area (Å²) in [4.78, 5) is 14.7. The first-order valence-electron chi connectivity index (χ1n) is 5.67. The Hall–Kier alpha value is -0.960. The van der Waals surface area contributed by atoms with Crippen LogP contribution >= 0.6 is 12.6 Å². The maximum Gasteiger partial charge on any atom is 0.226 e. The highest BCUT2D eigenvalue weighted by Crippen LogP contribution is 2.29. The highest BCUT2D eigenvalue weighted by molar-refractivity contribution is 7.80. The molecule has 3 heteroatoms. The van der Waals surface area contributed by atoms with Crippen LogP contribution in [0.15, 0.2) is 29.2 Å². The molecule has 86 valence electrons. The van der Waals surface area contributed by atoms with Gasteiger partial charge in [0.05, 0.1) is 6.42 Å². The van der Waals surface area contributed by atoms with Crippen LogP contribution in [0.1, 0.15) is 18.4 Å². The summed E-state index contributed by atoms with van der Waals surface area (Å²) >= 11 is 4.22. The van der Waals surface area contributed by atoms with Gasteiger partial charge in [0.15, 0.2) is 0 Å². The summed E-state index contributed by atoms with van der Waals surface area (Å²) in [6.07, 6.45) is 3.06. The van der Waals surface area contributed by atoms with Crippen LogP contribution in [0.3, 0.4) is 0 Å². The molecule has 0 heterocycles. The number of rotatable bonds is 4. The molecule has 1 aliphatic carbocycles. The highest BCUT2D eigenvalue weighted by Gasteiger charge is 2.24. The quantitative estimate of drug-likeness (QED) is 0.795. The van der Waals surface area contributed by atoms with Gasteiger partial charge in [-0.2, -0.15) is 0 Å². The number of hydrogen-bond acceptors (Lipinski definition) is 2. The Labute approximate surface area is 102 Å². The molecule has 0 spiro atoms. The minimum absolute atomic E-state index is 0.207. The van der Waals surface area contributed by atoms with E-state index in [4.69, 9.17) is 0 Å². The molecule has 0 unspecified atom stereocenters. The molecule has 2 rings (SSSR count). The fourth-order valence-corrected chi connectivity index (χ4v) is 1.86. The molecule has 0 bridgehead atoms. The van der Waals surface area contributed by atoms with Gasteiger partial charge in [-0.05, 0) is 36.5 Å². The standard InChI is InChI=1S/C13H17NOS/c1-14(9-11-2-3-11)13(15)8-10-4-6-12(16)7-5-10/h4-7,11,16H,2-3,8-9H2,1H3. The molecular formula is C13H17NOS. The Balaban J connectivity index is 1.87. The van der Waals surface area contributed by atoms with Crippen LogP contribution in [0.2, 0.25) is 0 Å². The third-order valence-corrected chi connectivity index (χ3v) is 3.24. The Morgan fingerprint density at radius 3 is 2.56 bits per heavy atom. The Morgan fingerprint density at radius 1 is 1.38 bits per heavy atom. The van der Waals surface area contributed by atoms with Gasteiger partial charge in [-0.15, -0.1) is 12.6 Å². The van der Waals surface area contributed by atoms with E-state index in [2.05, 4.69) is 12.6 Å². The molecule has 0 atom stereocenters. The van der Waals surface area contributed by atoms with E-state index >= 15 is 0 Å². The van der Waals surface area contributed by atoms with Crippen LogP contribution < -0.4 is 0 Å². The van der Waals surface area contributed by atoms with Gasteiger partial charge in [0.25, 0.3) is 0 Å². The summed E-state index contributed by atoms with van der Waals surface area (Å²) in [5.74, 6) is 0.965. The van der Waals surface area contributed by atoms with E-state index in [9.17, 15) is 4.79 Å². The molecule has 1 aliphatic rings. The SMILES string of the molecule is CN(CC1CC1)C(=O)Cc1ccc(S)cc1. The lowest BCUT2D eigenvalue weighted by molar-refractivity contribution is -0.129. The molecule has 0 saturated heterocycles. The van der Waals surface area contributed by atoms with Crippen LogP contribution in [-0.2, 0) is 11.2 Å². The maximum absolute atomic E-state index is 11.9. The van der Waals surface area contributed by atoms with Gasteiger partial charge in [-0.3, -0.25) is 4.79 Å². The van der Waals surface area contributed by atoms with Crippen molar-refractivity contribution in [2.45, 2.75) is 24.2 Å². The zero-order valence-electron chi connectivity index (χ0n) is 9.52. The Kier molecular flexibility index (Phi) is 3.54. The summed E-state index contributed by atoms with van der Waals surface area (Å²) < 4.78 is 0. The molecule has 0 N–H and O–H groups in total. The molecule has 2 nitrogen and oxygen atoms in total. The molecule has 1 saturated carbocycles. The normalized spacial score (nSPS) is 14.9. The summed E-state index contributed by atoms with van der Waals surface area (Å²) in [5.41, 5.74) is 1.06. The van der Waals surface area contributed by atoms with Gasteiger partial charge < -0.3 is 4.90 Å². The van der Waals surface area contributed by atoms with E-state index in [-0.39, 0.29) is 5.91 Å². The van der Waals surface area contributed by atoms with Crippen molar-refractivity contribution in [2.24, 2.45) is 5.92 Å². The lowest BCUT2D eigenvalue weighted by Gasteiger charge is -2.16. The predicted molar refractivity (Wildman–Crippen MR) is 67.8 cm³/mol. The Morgan fingerprint density at radius 2 is 2.00 bits per heavy atom. The number of thiol groups is 1. The van der Waals surface area contributed by atoms with E-state index in [1.54, 1.807) is 0 Å². The van der Waals surface area contributed by atoms with Crippen LogP contribution in [0.25, 0.3) is 0 Å². The van der Waals surface area contributed by atoms with Gasteiger partial charge in [0.1, 0.15) is 0 Å². The highest BCUT2D eigenvalue weighted by atomic mass is 32.1. The third kappa shape index (κ3) is 3.27. The first kappa shape index (κ1) is 11.5. The number of nitrogens with zero attached hydrogens (tertiary/aromatic N) is 1. The summed E-state index contributed by atoms with van der Waals surface area (Å²) in [6.45, 7) is 0.920. The number of amides is 1. The molecule has 0 aliphatic heterocycles. The molecule has 0 aromatic heterocycles. The van der Waals surface area contributed by atoms with Crippen molar-refractivity contribution in [1.29, 1.82) is 0 Å². The second kappa shape index (κ2) is 4.91. The fourth-order valence-electron chi connectivity index (χ4n) is 1.71. The van der Waals surface area contributed by atoms with Crippen molar-refractivity contribution in [3.8, 4) is 0 Å². The first-order chi connectivity index (χ1) is 7.65. The topological polar surface area (TPSA) is 20.3 Å². The van der Waals surface area contributed by atoms with Gasteiger partial charge in [-0.25, -0.2) is 0 Å². The lowest BCUT2D eigenvalue weighted by atomic mass is 10.1. The molecule has 1 fully saturated rings. The fraction of sp³-hybridized carbons (Fsp3) is 0.462. The van der Waals surface area contributed by atoms with Crippen molar-refractivity contribution in [2.75, 3.05) is 13.6 Å². The van der Waals surface area contributed by atoms with Crippen LogP contribution in [-0.4, -0.2) is 24.4 Å². The number of hydrogen-bond donors (Lipinski definition) is 1. The molecule has 1 aromatic rings.